The Balaban J connectivity index is 1.86. The van der Waals surface area contributed by atoms with Crippen LogP contribution in [0.25, 0.3) is 0 Å². The molecule has 150 valence electrons. The highest BCUT2D eigenvalue weighted by Gasteiger charge is 2.41. The standard InChI is InChI=1S/C22H36N4S/c1-21(2)14-19(15-22(3,4)24-21)26(20-23-12-7-13-27-20)16-17-8-10-18(11-9-17)25(5)6/h8-11,19,24H,7,12-16H2,1-6H3. The maximum Gasteiger partial charge on any atom is 0.159 e. The summed E-state index contributed by atoms with van der Waals surface area (Å²) in [5.74, 6) is 1.19. The molecule has 1 fully saturated rings. The van der Waals surface area contributed by atoms with Crippen molar-refractivity contribution in [3.63, 3.8) is 0 Å². The van der Waals surface area contributed by atoms with Gasteiger partial charge in [0.15, 0.2) is 5.17 Å². The molecular weight excluding hydrogens is 352 g/mol. The number of nitrogens with zero attached hydrogens (tertiary/aromatic N) is 3. The van der Waals surface area contributed by atoms with E-state index >= 15 is 0 Å². The van der Waals surface area contributed by atoms with Gasteiger partial charge in [-0.25, -0.2) is 0 Å². The number of piperidine rings is 1. The quantitative estimate of drug-likeness (QED) is 0.830. The molecule has 3 rings (SSSR count). The van der Waals surface area contributed by atoms with Gasteiger partial charge >= 0.3 is 0 Å². The lowest BCUT2D eigenvalue weighted by molar-refractivity contribution is 0.101. The van der Waals surface area contributed by atoms with Gasteiger partial charge in [-0.1, -0.05) is 23.9 Å². The van der Waals surface area contributed by atoms with Gasteiger partial charge in [-0.15, -0.1) is 0 Å². The van der Waals surface area contributed by atoms with Crippen LogP contribution in [0.5, 0.6) is 0 Å². The van der Waals surface area contributed by atoms with Crippen molar-refractivity contribution in [3.05, 3.63) is 29.8 Å². The molecule has 0 atom stereocenters. The van der Waals surface area contributed by atoms with Crippen molar-refractivity contribution in [2.75, 3.05) is 31.3 Å². The average molecular weight is 389 g/mol. The first-order valence-corrected chi connectivity index (χ1v) is 11.1. The summed E-state index contributed by atoms with van der Waals surface area (Å²) >= 11 is 1.94. The van der Waals surface area contributed by atoms with E-state index in [4.69, 9.17) is 4.99 Å². The van der Waals surface area contributed by atoms with E-state index in [1.54, 1.807) is 0 Å². The van der Waals surface area contributed by atoms with E-state index in [1.165, 1.54) is 28.6 Å². The fraction of sp³-hybridized carbons (Fsp3) is 0.682. The first kappa shape index (κ1) is 20.5. The topological polar surface area (TPSA) is 30.9 Å². The van der Waals surface area contributed by atoms with Crippen LogP contribution in [0, 0.1) is 0 Å². The van der Waals surface area contributed by atoms with Gasteiger partial charge in [-0.2, -0.15) is 0 Å². The van der Waals surface area contributed by atoms with E-state index in [9.17, 15) is 0 Å². The zero-order valence-corrected chi connectivity index (χ0v) is 18.7. The lowest BCUT2D eigenvalue weighted by Crippen LogP contribution is -2.62. The molecule has 4 nitrogen and oxygen atoms in total. The number of hydrogen-bond donors (Lipinski definition) is 1. The van der Waals surface area contributed by atoms with E-state index in [-0.39, 0.29) is 11.1 Å². The molecule has 2 aliphatic heterocycles. The number of hydrogen-bond acceptors (Lipinski definition) is 5. The number of thioether (sulfide) groups is 1. The van der Waals surface area contributed by atoms with Crippen LogP contribution in [-0.2, 0) is 6.54 Å². The minimum absolute atomic E-state index is 0.138. The van der Waals surface area contributed by atoms with Crippen molar-refractivity contribution in [3.8, 4) is 0 Å². The number of anilines is 1. The molecule has 0 saturated carbocycles. The zero-order valence-electron chi connectivity index (χ0n) is 17.9. The predicted octanol–water partition coefficient (Wildman–Crippen LogP) is 4.36. The molecule has 0 aliphatic carbocycles. The molecule has 0 spiro atoms. The third kappa shape index (κ3) is 5.41. The van der Waals surface area contributed by atoms with Gasteiger partial charge in [0.2, 0.25) is 0 Å². The predicted molar refractivity (Wildman–Crippen MR) is 120 cm³/mol. The summed E-state index contributed by atoms with van der Waals surface area (Å²) in [5, 5.41) is 5.07. The fourth-order valence-corrected chi connectivity index (χ4v) is 5.58. The highest BCUT2D eigenvalue weighted by molar-refractivity contribution is 8.13. The summed E-state index contributed by atoms with van der Waals surface area (Å²) < 4.78 is 0. The minimum Gasteiger partial charge on any atom is -0.378 e. The first-order valence-electron chi connectivity index (χ1n) is 10.1. The number of amidine groups is 1. The van der Waals surface area contributed by atoms with E-state index in [0.29, 0.717) is 6.04 Å². The average Bonchev–Trinajstić information content (AvgIpc) is 2.58. The molecule has 0 aromatic heterocycles. The lowest BCUT2D eigenvalue weighted by Gasteiger charge is -2.50. The summed E-state index contributed by atoms with van der Waals surface area (Å²) in [6.45, 7) is 11.2. The molecule has 0 amide bonds. The van der Waals surface area contributed by atoms with Crippen molar-refractivity contribution in [2.45, 2.75) is 70.6 Å². The van der Waals surface area contributed by atoms with Crippen LogP contribution in [-0.4, -0.2) is 53.6 Å². The van der Waals surface area contributed by atoms with Crippen LogP contribution in [0.3, 0.4) is 0 Å². The van der Waals surface area contributed by atoms with Crippen LogP contribution in [0.2, 0.25) is 0 Å². The van der Waals surface area contributed by atoms with Crippen molar-refractivity contribution in [2.24, 2.45) is 4.99 Å². The van der Waals surface area contributed by atoms with Gasteiger partial charge in [0, 0.05) is 55.7 Å². The normalized spacial score (nSPS) is 22.2. The van der Waals surface area contributed by atoms with Crippen molar-refractivity contribution in [1.82, 2.24) is 10.2 Å². The van der Waals surface area contributed by atoms with E-state index in [1.807, 2.05) is 11.8 Å². The van der Waals surface area contributed by atoms with Gasteiger partial charge in [0.05, 0.1) is 0 Å². The Morgan fingerprint density at radius 2 is 1.70 bits per heavy atom. The Morgan fingerprint density at radius 3 is 2.22 bits per heavy atom. The van der Waals surface area contributed by atoms with Gasteiger partial charge in [-0.3, -0.25) is 4.99 Å². The van der Waals surface area contributed by atoms with Gasteiger partial charge in [0.1, 0.15) is 0 Å². The molecule has 1 N–H and O–H groups in total. The second kappa shape index (κ2) is 8.04. The van der Waals surface area contributed by atoms with E-state index < -0.39 is 0 Å². The number of rotatable bonds is 4. The van der Waals surface area contributed by atoms with Crippen molar-refractivity contribution in [1.29, 1.82) is 0 Å². The number of aliphatic imine (C=N–C) groups is 1. The second-order valence-electron chi connectivity index (χ2n) is 9.51. The lowest BCUT2D eigenvalue weighted by atomic mass is 9.79. The Morgan fingerprint density at radius 1 is 1.07 bits per heavy atom. The van der Waals surface area contributed by atoms with Gasteiger partial charge in [0.25, 0.3) is 0 Å². The molecule has 5 heteroatoms. The molecule has 1 saturated heterocycles. The smallest absolute Gasteiger partial charge is 0.159 e. The second-order valence-corrected chi connectivity index (χ2v) is 10.6. The summed E-state index contributed by atoms with van der Waals surface area (Å²) in [6.07, 6.45) is 3.49. The fourth-order valence-electron chi connectivity index (χ4n) is 4.56. The summed E-state index contributed by atoms with van der Waals surface area (Å²) in [4.78, 5) is 9.67. The third-order valence-electron chi connectivity index (χ3n) is 5.44. The Kier molecular flexibility index (Phi) is 6.11. The van der Waals surface area contributed by atoms with Crippen LogP contribution in [0.15, 0.2) is 29.3 Å². The van der Waals surface area contributed by atoms with E-state index in [0.717, 1.165) is 25.9 Å². The molecular formula is C22H36N4S. The monoisotopic (exact) mass is 388 g/mol. The Labute approximate surface area is 169 Å². The molecule has 1 aromatic rings. The third-order valence-corrected chi connectivity index (χ3v) is 6.56. The highest BCUT2D eigenvalue weighted by Crippen LogP contribution is 2.34. The van der Waals surface area contributed by atoms with Crippen LogP contribution >= 0.6 is 11.8 Å². The summed E-state index contributed by atoms with van der Waals surface area (Å²) in [6, 6.07) is 9.50. The molecule has 0 unspecified atom stereocenters. The van der Waals surface area contributed by atoms with Crippen LogP contribution < -0.4 is 10.2 Å². The zero-order chi connectivity index (χ0) is 19.7. The molecule has 0 bridgehead atoms. The minimum atomic E-state index is 0.138. The van der Waals surface area contributed by atoms with Crippen molar-refractivity contribution >= 4 is 22.6 Å². The summed E-state index contributed by atoms with van der Waals surface area (Å²) in [7, 11) is 4.18. The maximum absolute atomic E-state index is 4.92. The van der Waals surface area contributed by atoms with Gasteiger partial charge in [-0.05, 0) is 64.7 Å². The Bertz CT molecular complexity index is 647. The Hall–Kier alpha value is -1.20. The molecule has 2 aliphatic rings. The number of nitrogens with one attached hydrogen (secondary N) is 1. The molecule has 1 aromatic carbocycles. The first-order chi connectivity index (χ1) is 12.7. The maximum atomic E-state index is 4.92. The van der Waals surface area contributed by atoms with Crippen LogP contribution in [0.4, 0.5) is 5.69 Å². The number of benzene rings is 1. The molecule has 0 radical (unpaired) electrons. The molecule has 27 heavy (non-hydrogen) atoms. The van der Waals surface area contributed by atoms with Crippen LogP contribution in [0.1, 0.15) is 52.5 Å². The largest absolute Gasteiger partial charge is 0.378 e. The van der Waals surface area contributed by atoms with E-state index in [2.05, 4.69) is 81.2 Å². The van der Waals surface area contributed by atoms with Gasteiger partial charge < -0.3 is 15.1 Å². The SMILES string of the molecule is CN(C)c1ccc(CN(C2=NCCCS2)C2CC(C)(C)NC(C)(C)C2)cc1. The van der Waals surface area contributed by atoms with Crippen molar-refractivity contribution < 1.29 is 0 Å². The molecule has 2 heterocycles. The highest BCUT2D eigenvalue weighted by atomic mass is 32.2. The summed E-state index contributed by atoms with van der Waals surface area (Å²) in [5.41, 5.74) is 2.89.